The van der Waals surface area contributed by atoms with Crippen LogP contribution in [0.3, 0.4) is 0 Å². The van der Waals surface area contributed by atoms with E-state index in [0.29, 0.717) is 33.8 Å². The summed E-state index contributed by atoms with van der Waals surface area (Å²) in [5.74, 6) is 0.522. The van der Waals surface area contributed by atoms with Crippen molar-refractivity contribution in [2.45, 2.75) is 45.2 Å². The van der Waals surface area contributed by atoms with Crippen molar-refractivity contribution in [2.75, 3.05) is 19.5 Å². The number of methoxy groups -OCH3 is 1. The molecule has 1 N–H and O–H groups in total. The summed E-state index contributed by atoms with van der Waals surface area (Å²) in [6.45, 7) is 5.70. The smallest absolute Gasteiger partial charge is 0.258 e. The van der Waals surface area contributed by atoms with Crippen molar-refractivity contribution in [1.29, 1.82) is 0 Å². The summed E-state index contributed by atoms with van der Waals surface area (Å²) in [7, 11) is 3.10. The Bertz CT molecular complexity index is 1120. The molecule has 1 saturated carbocycles. The fourth-order valence-electron chi connectivity index (χ4n) is 3.51. The molecule has 1 aliphatic carbocycles. The summed E-state index contributed by atoms with van der Waals surface area (Å²) in [5.41, 5.74) is 1.43. The van der Waals surface area contributed by atoms with Crippen molar-refractivity contribution in [1.82, 2.24) is 14.9 Å². The van der Waals surface area contributed by atoms with Crippen molar-refractivity contribution < 1.29 is 18.3 Å². The number of amides is 1. The highest BCUT2D eigenvalue weighted by molar-refractivity contribution is 6.10. The predicted molar refractivity (Wildman–Crippen MR) is 111 cm³/mol. The molecule has 0 saturated heterocycles. The van der Waals surface area contributed by atoms with E-state index in [2.05, 4.69) is 22.2 Å². The highest BCUT2D eigenvalue weighted by atomic mass is 19.1. The first-order valence-electron chi connectivity index (χ1n) is 9.87. The molecular weight excluding hydrogens is 387 g/mol. The number of aryl methyl sites for hydroxylation is 1. The van der Waals surface area contributed by atoms with Crippen molar-refractivity contribution in [3.63, 3.8) is 0 Å². The van der Waals surface area contributed by atoms with E-state index in [1.807, 2.05) is 6.92 Å². The Hall–Kier alpha value is -3.16. The summed E-state index contributed by atoms with van der Waals surface area (Å²) < 4.78 is 24.9. The summed E-state index contributed by atoms with van der Waals surface area (Å²) >= 11 is 0. The van der Waals surface area contributed by atoms with Crippen LogP contribution in [0.15, 0.2) is 28.9 Å². The molecule has 1 fully saturated rings. The van der Waals surface area contributed by atoms with Crippen LogP contribution in [0, 0.1) is 12.7 Å². The fraction of sp³-hybridized carbons (Fsp3) is 0.409. The number of nitrogens with one attached hydrogen (secondary N) is 1. The van der Waals surface area contributed by atoms with Crippen LogP contribution in [-0.2, 0) is 0 Å². The van der Waals surface area contributed by atoms with Gasteiger partial charge in [0.05, 0.1) is 24.1 Å². The largest absolute Gasteiger partial charge is 0.494 e. The summed E-state index contributed by atoms with van der Waals surface area (Å²) in [5, 5.41) is 4.00. The molecule has 0 spiro atoms. The van der Waals surface area contributed by atoms with E-state index in [1.165, 1.54) is 19.5 Å². The Morgan fingerprint density at radius 3 is 2.73 bits per heavy atom. The van der Waals surface area contributed by atoms with Gasteiger partial charge in [-0.1, -0.05) is 6.07 Å². The summed E-state index contributed by atoms with van der Waals surface area (Å²) in [6.07, 6.45) is 3.51. The quantitative estimate of drug-likeness (QED) is 0.643. The third-order valence-electron chi connectivity index (χ3n) is 5.86. The number of aromatic nitrogens is 2. The standard InChI is InChI=1S/C22H25FN4O3/c1-12(14-6-7-16(29-5)15(23)10-14)27(4)21(28)17-13(2)30-20-18(17)19(24-11-25-20)26-22(3)8-9-22/h6-7,10-12H,8-9H2,1-5H3,(H,24,25,26). The van der Waals surface area contributed by atoms with Gasteiger partial charge >= 0.3 is 0 Å². The number of benzene rings is 1. The van der Waals surface area contributed by atoms with Crippen molar-refractivity contribution >= 4 is 22.8 Å². The van der Waals surface area contributed by atoms with Gasteiger partial charge in [-0.25, -0.2) is 14.4 Å². The van der Waals surface area contributed by atoms with Gasteiger partial charge in [0.1, 0.15) is 17.9 Å². The van der Waals surface area contributed by atoms with Gasteiger partial charge in [-0.05, 0) is 51.3 Å². The second kappa shape index (κ2) is 7.27. The molecule has 1 aliphatic rings. The van der Waals surface area contributed by atoms with Gasteiger partial charge in [0.25, 0.3) is 5.91 Å². The molecule has 2 aromatic heterocycles. The van der Waals surface area contributed by atoms with Gasteiger partial charge in [0, 0.05) is 12.6 Å². The zero-order chi connectivity index (χ0) is 21.6. The fourth-order valence-corrected chi connectivity index (χ4v) is 3.51. The molecule has 4 rings (SSSR count). The lowest BCUT2D eigenvalue weighted by molar-refractivity contribution is 0.0742. The third-order valence-corrected chi connectivity index (χ3v) is 5.86. The van der Waals surface area contributed by atoms with Gasteiger partial charge in [0.2, 0.25) is 5.71 Å². The van der Waals surface area contributed by atoms with E-state index >= 15 is 0 Å². The van der Waals surface area contributed by atoms with Gasteiger partial charge in [-0.15, -0.1) is 0 Å². The minimum atomic E-state index is -0.467. The Balaban J connectivity index is 1.70. The SMILES string of the molecule is COc1ccc(C(C)N(C)C(=O)c2c(C)oc3ncnc(NC4(C)CC4)c23)cc1F. The minimum absolute atomic E-state index is 0.0212. The van der Waals surface area contributed by atoms with Crippen LogP contribution in [0.1, 0.15) is 54.4 Å². The molecule has 0 radical (unpaired) electrons. The second-order valence-electron chi connectivity index (χ2n) is 8.11. The van der Waals surface area contributed by atoms with Gasteiger partial charge in [0.15, 0.2) is 11.6 Å². The van der Waals surface area contributed by atoms with Crippen LogP contribution in [0.5, 0.6) is 5.75 Å². The first-order valence-corrected chi connectivity index (χ1v) is 9.87. The van der Waals surface area contributed by atoms with Crippen LogP contribution in [0.4, 0.5) is 10.2 Å². The van der Waals surface area contributed by atoms with E-state index in [1.54, 1.807) is 31.0 Å². The maximum absolute atomic E-state index is 14.2. The number of hydrogen-bond donors (Lipinski definition) is 1. The molecule has 3 aromatic rings. The molecule has 30 heavy (non-hydrogen) atoms. The number of halogens is 1. The van der Waals surface area contributed by atoms with Gasteiger partial charge in [-0.2, -0.15) is 0 Å². The van der Waals surface area contributed by atoms with E-state index in [-0.39, 0.29) is 23.2 Å². The maximum Gasteiger partial charge on any atom is 0.258 e. The monoisotopic (exact) mass is 412 g/mol. The lowest BCUT2D eigenvalue weighted by Gasteiger charge is -2.26. The Kier molecular flexibility index (Phi) is 4.88. The number of carbonyl (C=O) groups excluding carboxylic acids is 1. The molecule has 8 heteroatoms. The lowest BCUT2D eigenvalue weighted by atomic mass is 10.0. The maximum atomic E-state index is 14.2. The topological polar surface area (TPSA) is 80.5 Å². The molecule has 1 atom stereocenters. The number of rotatable bonds is 6. The number of hydrogen-bond acceptors (Lipinski definition) is 6. The molecule has 1 unspecified atom stereocenters. The molecule has 1 aromatic carbocycles. The number of carbonyl (C=O) groups is 1. The normalized spacial score (nSPS) is 15.7. The number of anilines is 1. The molecule has 0 aliphatic heterocycles. The van der Waals surface area contributed by atoms with E-state index in [9.17, 15) is 9.18 Å². The Morgan fingerprint density at radius 1 is 1.37 bits per heavy atom. The average Bonchev–Trinajstić information content (AvgIpc) is 3.34. The highest BCUT2D eigenvalue weighted by Crippen LogP contribution is 2.40. The summed E-state index contributed by atoms with van der Waals surface area (Å²) in [4.78, 5) is 23.6. The Morgan fingerprint density at radius 2 is 2.10 bits per heavy atom. The molecular formula is C22H25FN4O3. The summed E-state index contributed by atoms with van der Waals surface area (Å²) in [6, 6.07) is 4.33. The van der Waals surface area contributed by atoms with E-state index < -0.39 is 5.82 Å². The molecule has 2 heterocycles. The van der Waals surface area contributed by atoms with Crippen LogP contribution in [-0.4, -0.2) is 40.5 Å². The van der Waals surface area contributed by atoms with Crippen LogP contribution >= 0.6 is 0 Å². The van der Waals surface area contributed by atoms with Crippen LogP contribution in [0.25, 0.3) is 11.1 Å². The predicted octanol–water partition coefficient (Wildman–Crippen LogP) is 4.48. The molecule has 1 amide bonds. The van der Waals surface area contributed by atoms with Crippen molar-refractivity contribution in [2.24, 2.45) is 0 Å². The van der Waals surface area contributed by atoms with Crippen LogP contribution < -0.4 is 10.1 Å². The zero-order valence-electron chi connectivity index (χ0n) is 17.7. The minimum Gasteiger partial charge on any atom is -0.494 e. The lowest BCUT2D eigenvalue weighted by Crippen LogP contribution is -2.30. The first kappa shape index (κ1) is 20.1. The first-order chi connectivity index (χ1) is 14.2. The Labute approximate surface area is 174 Å². The van der Waals surface area contributed by atoms with E-state index in [0.717, 1.165) is 12.8 Å². The van der Waals surface area contributed by atoms with Crippen molar-refractivity contribution in [3.05, 3.63) is 47.2 Å². The van der Waals surface area contributed by atoms with Crippen LogP contribution in [0.2, 0.25) is 0 Å². The average molecular weight is 412 g/mol. The van der Waals surface area contributed by atoms with Gasteiger partial charge < -0.3 is 19.4 Å². The number of ether oxygens (including phenoxy) is 1. The highest BCUT2D eigenvalue weighted by Gasteiger charge is 2.39. The van der Waals surface area contributed by atoms with Gasteiger partial charge in [-0.3, -0.25) is 4.79 Å². The number of fused-ring (bicyclic) bond motifs is 1. The zero-order valence-corrected chi connectivity index (χ0v) is 17.7. The number of furan rings is 1. The molecule has 7 nitrogen and oxygen atoms in total. The second-order valence-corrected chi connectivity index (χ2v) is 8.11. The third kappa shape index (κ3) is 3.46. The molecule has 0 bridgehead atoms. The van der Waals surface area contributed by atoms with Crippen molar-refractivity contribution in [3.8, 4) is 5.75 Å². The molecule has 158 valence electrons. The van der Waals surface area contributed by atoms with E-state index in [4.69, 9.17) is 9.15 Å². The number of nitrogens with zero attached hydrogens (tertiary/aromatic N) is 3.